The molecule has 4 nitrogen and oxygen atoms in total. The quantitative estimate of drug-likeness (QED) is 0.398. The van der Waals surface area contributed by atoms with Crippen LogP contribution in [0.2, 0.25) is 0 Å². The van der Waals surface area contributed by atoms with Gasteiger partial charge in [-0.25, -0.2) is 0 Å². The molecule has 27 heavy (non-hydrogen) atoms. The highest BCUT2D eigenvalue weighted by molar-refractivity contribution is 7.16. The van der Waals surface area contributed by atoms with Gasteiger partial charge in [0.05, 0.1) is 16.8 Å². The van der Waals surface area contributed by atoms with Gasteiger partial charge in [-0.3, -0.25) is 4.79 Å². The van der Waals surface area contributed by atoms with Crippen LogP contribution in [0.3, 0.4) is 0 Å². The second kappa shape index (κ2) is 9.33. The van der Waals surface area contributed by atoms with Crippen molar-refractivity contribution in [1.82, 2.24) is 4.57 Å². The molecule has 0 saturated heterocycles. The third-order valence-electron chi connectivity index (χ3n) is 4.21. The number of ether oxygens (including phenoxy) is 1. The van der Waals surface area contributed by atoms with E-state index in [1.807, 2.05) is 47.0 Å². The monoisotopic (exact) mass is 380 g/mol. The molecule has 1 heterocycles. The molecule has 0 atom stereocenters. The molecule has 0 aliphatic carbocycles. The number of hydrogen-bond donors (Lipinski definition) is 0. The molecule has 3 rings (SSSR count). The standard InChI is InChI=1S/C22H24N2O2S/c1-3-5-8-16-26-18-13-11-17(12-14-18)21(25)23-22-24(15-4-2)19-9-6-7-10-20(19)27-22/h4,6-7,9-14H,2-3,5,8,15-16H2,1H3. The molecular weight excluding hydrogens is 356 g/mol. The number of unbranched alkanes of at least 4 members (excludes halogenated alkanes) is 2. The number of rotatable bonds is 8. The highest BCUT2D eigenvalue weighted by Crippen LogP contribution is 2.17. The smallest absolute Gasteiger partial charge is 0.279 e. The molecule has 0 radical (unpaired) electrons. The number of amides is 1. The predicted octanol–water partition coefficient (Wildman–Crippen LogP) is 5.20. The van der Waals surface area contributed by atoms with Gasteiger partial charge in [0.2, 0.25) is 0 Å². The van der Waals surface area contributed by atoms with Crippen LogP contribution in [0.4, 0.5) is 0 Å². The van der Waals surface area contributed by atoms with Gasteiger partial charge in [0.1, 0.15) is 5.75 Å². The minimum absolute atomic E-state index is 0.253. The first-order valence-corrected chi connectivity index (χ1v) is 10.1. The molecular formula is C22H24N2O2S. The van der Waals surface area contributed by atoms with Gasteiger partial charge in [0.15, 0.2) is 4.80 Å². The summed E-state index contributed by atoms with van der Waals surface area (Å²) in [6.45, 7) is 7.29. The van der Waals surface area contributed by atoms with E-state index >= 15 is 0 Å². The maximum absolute atomic E-state index is 12.6. The molecule has 0 unspecified atom stereocenters. The van der Waals surface area contributed by atoms with Crippen LogP contribution in [0.15, 0.2) is 66.2 Å². The largest absolute Gasteiger partial charge is 0.494 e. The van der Waals surface area contributed by atoms with E-state index in [0.717, 1.165) is 28.8 Å². The lowest BCUT2D eigenvalue weighted by atomic mass is 10.2. The Labute approximate surface area is 163 Å². The molecule has 0 aliphatic rings. The summed E-state index contributed by atoms with van der Waals surface area (Å²) in [6, 6.07) is 15.2. The summed E-state index contributed by atoms with van der Waals surface area (Å²) < 4.78 is 8.81. The molecule has 0 spiro atoms. The topological polar surface area (TPSA) is 43.6 Å². The van der Waals surface area contributed by atoms with Crippen LogP contribution in [0.1, 0.15) is 36.5 Å². The molecule has 1 amide bonds. The highest BCUT2D eigenvalue weighted by atomic mass is 32.1. The van der Waals surface area contributed by atoms with Crippen LogP contribution in [0.25, 0.3) is 10.2 Å². The van der Waals surface area contributed by atoms with Crippen LogP contribution >= 0.6 is 11.3 Å². The normalized spacial score (nSPS) is 11.7. The van der Waals surface area contributed by atoms with Crippen molar-refractivity contribution in [2.24, 2.45) is 4.99 Å². The van der Waals surface area contributed by atoms with Crippen molar-refractivity contribution in [2.75, 3.05) is 6.61 Å². The van der Waals surface area contributed by atoms with Crippen molar-refractivity contribution in [3.8, 4) is 5.75 Å². The van der Waals surface area contributed by atoms with Gasteiger partial charge < -0.3 is 9.30 Å². The number of aromatic nitrogens is 1. The number of fused-ring (bicyclic) bond motifs is 1. The van der Waals surface area contributed by atoms with Crippen LogP contribution in [-0.4, -0.2) is 17.1 Å². The molecule has 0 aliphatic heterocycles. The Hall–Kier alpha value is -2.66. The first-order chi connectivity index (χ1) is 13.2. The van der Waals surface area contributed by atoms with Crippen molar-refractivity contribution in [1.29, 1.82) is 0 Å². The molecule has 0 fully saturated rings. The molecule has 1 aromatic heterocycles. The highest BCUT2D eigenvalue weighted by Gasteiger charge is 2.08. The average molecular weight is 381 g/mol. The predicted molar refractivity (Wildman–Crippen MR) is 111 cm³/mol. The minimum Gasteiger partial charge on any atom is -0.494 e. The Bertz CT molecular complexity index is 983. The van der Waals surface area contributed by atoms with E-state index in [-0.39, 0.29) is 5.91 Å². The minimum atomic E-state index is -0.253. The first-order valence-electron chi connectivity index (χ1n) is 9.24. The van der Waals surface area contributed by atoms with Gasteiger partial charge in [-0.05, 0) is 42.8 Å². The summed E-state index contributed by atoms with van der Waals surface area (Å²) in [7, 11) is 0. The van der Waals surface area contributed by atoms with E-state index in [1.165, 1.54) is 17.8 Å². The molecule has 5 heteroatoms. The number of thiazole rings is 1. The van der Waals surface area contributed by atoms with Gasteiger partial charge in [-0.2, -0.15) is 4.99 Å². The maximum atomic E-state index is 12.6. The van der Waals surface area contributed by atoms with Crippen LogP contribution in [0.5, 0.6) is 5.75 Å². The zero-order chi connectivity index (χ0) is 19.1. The van der Waals surface area contributed by atoms with Crippen molar-refractivity contribution in [2.45, 2.75) is 32.7 Å². The van der Waals surface area contributed by atoms with Crippen molar-refractivity contribution in [3.05, 3.63) is 71.6 Å². The van der Waals surface area contributed by atoms with Gasteiger partial charge in [-0.1, -0.05) is 49.3 Å². The summed E-state index contributed by atoms with van der Waals surface area (Å²) in [6.07, 6.45) is 5.19. The lowest BCUT2D eigenvalue weighted by Gasteiger charge is -2.05. The fraction of sp³-hybridized carbons (Fsp3) is 0.273. The zero-order valence-electron chi connectivity index (χ0n) is 15.6. The van der Waals surface area contributed by atoms with E-state index in [1.54, 1.807) is 12.1 Å². The first kappa shape index (κ1) is 19.1. The number of nitrogens with zero attached hydrogens (tertiary/aromatic N) is 2. The van der Waals surface area contributed by atoms with E-state index < -0.39 is 0 Å². The Balaban J connectivity index is 1.81. The van der Waals surface area contributed by atoms with E-state index in [4.69, 9.17) is 4.74 Å². The van der Waals surface area contributed by atoms with Crippen LogP contribution in [-0.2, 0) is 6.54 Å². The van der Waals surface area contributed by atoms with Gasteiger partial charge >= 0.3 is 0 Å². The third kappa shape index (κ3) is 4.74. The Morgan fingerprint density at radius 2 is 1.96 bits per heavy atom. The number of allylic oxidation sites excluding steroid dienone is 1. The Morgan fingerprint density at radius 3 is 2.70 bits per heavy atom. The molecule has 2 aromatic carbocycles. The third-order valence-corrected chi connectivity index (χ3v) is 5.27. The lowest BCUT2D eigenvalue weighted by Crippen LogP contribution is -2.16. The summed E-state index contributed by atoms with van der Waals surface area (Å²) in [5.74, 6) is 0.531. The van der Waals surface area contributed by atoms with Crippen molar-refractivity contribution >= 4 is 27.5 Å². The fourth-order valence-corrected chi connectivity index (χ4v) is 3.84. The number of benzene rings is 2. The number of para-hydroxylation sites is 1. The van der Waals surface area contributed by atoms with Crippen LogP contribution in [0, 0.1) is 0 Å². The summed E-state index contributed by atoms with van der Waals surface area (Å²) in [4.78, 5) is 17.7. The molecule has 0 N–H and O–H groups in total. The zero-order valence-corrected chi connectivity index (χ0v) is 16.4. The fourth-order valence-electron chi connectivity index (χ4n) is 2.80. The van der Waals surface area contributed by atoms with Crippen LogP contribution < -0.4 is 9.54 Å². The lowest BCUT2D eigenvalue weighted by molar-refractivity contribution is 0.0998. The van der Waals surface area contributed by atoms with Crippen molar-refractivity contribution in [3.63, 3.8) is 0 Å². The van der Waals surface area contributed by atoms with Gasteiger partial charge in [0, 0.05) is 12.1 Å². The Morgan fingerprint density at radius 1 is 1.19 bits per heavy atom. The van der Waals surface area contributed by atoms with E-state index in [9.17, 15) is 4.79 Å². The van der Waals surface area contributed by atoms with Crippen molar-refractivity contribution < 1.29 is 9.53 Å². The Kier molecular flexibility index (Phi) is 6.60. The second-order valence-corrected chi connectivity index (χ2v) is 7.26. The summed E-state index contributed by atoms with van der Waals surface area (Å²) in [5, 5.41) is 0. The summed E-state index contributed by atoms with van der Waals surface area (Å²) >= 11 is 1.51. The molecule has 0 bridgehead atoms. The average Bonchev–Trinajstić information content (AvgIpc) is 3.03. The van der Waals surface area contributed by atoms with E-state index in [2.05, 4.69) is 18.5 Å². The molecule has 3 aromatic rings. The van der Waals surface area contributed by atoms with Gasteiger partial charge in [0.25, 0.3) is 5.91 Å². The van der Waals surface area contributed by atoms with Gasteiger partial charge in [-0.15, -0.1) is 6.58 Å². The maximum Gasteiger partial charge on any atom is 0.279 e. The second-order valence-electron chi connectivity index (χ2n) is 6.25. The number of hydrogen-bond acceptors (Lipinski definition) is 3. The number of carbonyl (C=O) groups is 1. The molecule has 0 saturated carbocycles. The summed E-state index contributed by atoms with van der Waals surface area (Å²) in [5.41, 5.74) is 1.61. The number of carbonyl (C=O) groups excluding carboxylic acids is 1. The molecule has 140 valence electrons. The van der Waals surface area contributed by atoms with E-state index in [0.29, 0.717) is 23.5 Å². The SMILES string of the molecule is C=CCn1c(=NC(=O)c2ccc(OCCCCC)cc2)sc2ccccc21.